The van der Waals surface area contributed by atoms with Gasteiger partial charge in [-0.3, -0.25) is 24.1 Å². The summed E-state index contributed by atoms with van der Waals surface area (Å²) >= 11 is 0. The summed E-state index contributed by atoms with van der Waals surface area (Å²) in [6.45, 7) is 3.77. The first-order chi connectivity index (χ1) is 24.9. The third-order valence-electron chi connectivity index (χ3n) is 9.76. The first kappa shape index (κ1) is 37.9. The lowest BCUT2D eigenvalue weighted by Crippen LogP contribution is -2.64. The van der Waals surface area contributed by atoms with Crippen molar-refractivity contribution < 1.29 is 33.8 Å². The second-order valence-electron chi connectivity index (χ2n) is 13.5. The van der Waals surface area contributed by atoms with Crippen molar-refractivity contribution in [1.29, 1.82) is 0 Å². The predicted octanol–water partition coefficient (Wildman–Crippen LogP) is 3.01. The van der Waals surface area contributed by atoms with Crippen molar-refractivity contribution in [3.8, 4) is 5.75 Å². The Morgan fingerprint density at radius 2 is 1.50 bits per heavy atom. The third kappa shape index (κ3) is 9.51. The summed E-state index contributed by atoms with van der Waals surface area (Å²) in [4.78, 5) is 57.0. The maximum absolute atomic E-state index is 14.5. The topological polar surface area (TPSA) is 165 Å². The van der Waals surface area contributed by atoms with Crippen LogP contribution in [0.3, 0.4) is 0 Å². The molecule has 1 aliphatic rings. The number of fused-ring (bicyclic) bond motifs is 1. The van der Waals surface area contributed by atoms with Crippen LogP contribution in [0.1, 0.15) is 42.9 Å². The molecule has 5 rings (SSSR count). The third-order valence-corrected chi connectivity index (χ3v) is 9.76. The molecule has 0 aromatic heterocycles. The van der Waals surface area contributed by atoms with Gasteiger partial charge in [0.2, 0.25) is 23.6 Å². The molecule has 6 N–H and O–H groups in total. The van der Waals surface area contributed by atoms with Gasteiger partial charge in [-0.05, 0) is 58.1 Å². The van der Waals surface area contributed by atoms with E-state index >= 15 is 0 Å². The molecule has 52 heavy (non-hydrogen) atoms. The van der Waals surface area contributed by atoms with Crippen LogP contribution in [0.2, 0.25) is 0 Å². The van der Waals surface area contributed by atoms with E-state index in [9.17, 15) is 33.8 Å². The molecule has 0 saturated carbocycles. The number of carbonyl (C=O) groups is 4. The van der Waals surface area contributed by atoms with Gasteiger partial charge in [-0.15, -0.1) is 0 Å². The van der Waals surface area contributed by atoms with Crippen LogP contribution in [-0.4, -0.2) is 94.1 Å². The molecule has 274 valence electrons. The van der Waals surface area contributed by atoms with Crippen molar-refractivity contribution in [2.45, 2.75) is 63.2 Å². The van der Waals surface area contributed by atoms with E-state index in [0.29, 0.717) is 17.7 Å². The number of phenolic OH excluding ortho intramolecular Hbond substituents is 1. The molecule has 0 radical (unpaired) electrons. The number of primary amides is 1. The Morgan fingerprint density at radius 1 is 0.865 bits per heavy atom. The number of phenols is 1. The van der Waals surface area contributed by atoms with Crippen LogP contribution in [-0.2, 0) is 32.0 Å². The number of carbonyl (C=O) groups excluding carboxylic acids is 4. The number of benzene rings is 4. The fourth-order valence-corrected chi connectivity index (χ4v) is 7.09. The quantitative estimate of drug-likeness (QED) is 0.134. The van der Waals surface area contributed by atoms with Gasteiger partial charge in [-0.1, -0.05) is 73.7 Å². The summed E-state index contributed by atoms with van der Waals surface area (Å²) in [7, 11) is 0. The summed E-state index contributed by atoms with van der Waals surface area (Å²) in [5.41, 5.74) is 8.25. The van der Waals surface area contributed by atoms with Gasteiger partial charge in [0.1, 0.15) is 23.7 Å². The highest BCUT2D eigenvalue weighted by Crippen LogP contribution is 2.29. The molecule has 0 aliphatic carbocycles. The zero-order valence-corrected chi connectivity index (χ0v) is 29.4. The normalized spacial score (nSPS) is 17.2. The maximum atomic E-state index is 14.5. The molecule has 0 spiro atoms. The van der Waals surface area contributed by atoms with Crippen molar-refractivity contribution >= 4 is 34.4 Å². The van der Waals surface area contributed by atoms with Crippen molar-refractivity contribution in [1.82, 2.24) is 20.4 Å². The number of nitrogens with two attached hydrogens (primary N) is 1. The average Bonchev–Trinajstić information content (AvgIpc) is 3.12. The SMILES string of the molecule is CC(=O)NC(Cc1ccc(O)cc1)C(=O)NC(Cc1ccc(F)cc1)C(=O)N1CCN(C(C(N)=O)C(C)c2ccc3ccccc3c2)CC1CCO. The summed E-state index contributed by atoms with van der Waals surface area (Å²) < 4.78 is 13.8. The number of amides is 4. The van der Waals surface area contributed by atoms with E-state index in [1.807, 2.05) is 48.2 Å². The number of piperazine rings is 1. The van der Waals surface area contributed by atoms with Gasteiger partial charge in [-0.2, -0.15) is 0 Å². The smallest absolute Gasteiger partial charge is 0.245 e. The van der Waals surface area contributed by atoms with Crippen LogP contribution < -0.4 is 16.4 Å². The number of halogens is 1. The number of aliphatic hydroxyl groups excluding tert-OH is 1. The van der Waals surface area contributed by atoms with Crippen molar-refractivity contribution in [2.24, 2.45) is 5.73 Å². The highest BCUT2D eigenvalue weighted by atomic mass is 19.1. The fraction of sp³-hybridized carbons (Fsp3) is 0.350. The van der Waals surface area contributed by atoms with Crippen LogP contribution >= 0.6 is 0 Å². The number of hydrogen-bond acceptors (Lipinski definition) is 7. The van der Waals surface area contributed by atoms with Crippen molar-refractivity contribution in [3.63, 3.8) is 0 Å². The molecule has 11 nitrogen and oxygen atoms in total. The lowest BCUT2D eigenvalue weighted by Gasteiger charge is -2.46. The number of aromatic hydroxyl groups is 1. The Hall–Kier alpha value is -5.33. The van der Waals surface area contributed by atoms with E-state index in [2.05, 4.69) is 16.7 Å². The van der Waals surface area contributed by atoms with E-state index in [1.54, 1.807) is 17.0 Å². The highest BCUT2D eigenvalue weighted by molar-refractivity contribution is 5.92. The minimum Gasteiger partial charge on any atom is -0.508 e. The first-order valence-electron chi connectivity index (χ1n) is 17.5. The van der Waals surface area contributed by atoms with Crippen LogP contribution in [0, 0.1) is 5.82 Å². The highest BCUT2D eigenvalue weighted by Gasteiger charge is 2.40. The zero-order valence-electron chi connectivity index (χ0n) is 29.4. The van der Waals surface area contributed by atoms with E-state index in [4.69, 9.17) is 5.73 Å². The molecule has 4 aromatic rings. The standard InChI is InChI=1S/C40H46FN5O6/c1-25(30-12-11-29-5-3-4-6-31(29)23-30)37(38(42)50)45-18-19-46(33(24-45)17-20-47)40(52)36(22-27-7-13-32(41)14-8-27)44-39(51)35(43-26(2)48)21-28-9-15-34(49)16-10-28/h3-16,23,25,33,35-37,47,49H,17-22,24H2,1-2H3,(H2,42,50)(H,43,48)(H,44,51). The van der Waals surface area contributed by atoms with Gasteiger partial charge in [0.05, 0.1) is 6.04 Å². The molecule has 1 aliphatic heterocycles. The van der Waals surface area contributed by atoms with Crippen LogP contribution in [0.25, 0.3) is 10.8 Å². The monoisotopic (exact) mass is 711 g/mol. The Balaban J connectivity index is 1.38. The Kier molecular flexibility index (Phi) is 12.6. The van der Waals surface area contributed by atoms with Crippen molar-refractivity contribution in [3.05, 3.63) is 114 Å². The van der Waals surface area contributed by atoms with E-state index < -0.39 is 53.6 Å². The lowest BCUT2D eigenvalue weighted by molar-refractivity contribution is -0.143. The molecular formula is C40H46FN5O6. The van der Waals surface area contributed by atoms with Crippen LogP contribution in [0.4, 0.5) is 4.39 Å². The van der Waals surface area contributed by atoms with E-state index in [1.165, 1.54) is 43.3 Å². The van der Waals surface area contributed by atoms with E-state index in [0.717, 1.165) is 16.3 Å². The van der Waals surface area contributed by atoms with Crippen LogP contribution in [0.5, 0.6) is 5.75 Å². The molecule has 1 saturated heterocycles. The fourth-order valence-electron chi connectivity index (χ4n) is 7.09. The van der Waals surface area contributed by atoms with Gasteiger partial charge in [0, 0.05) is 58.0 Å². The van der Waals surface area contributed by atoms with Crippen molar-refractivity contribution in [2.75, 3.05) is 26.2 Å². The number of nitrogens with one attached hydrogen (secondary N) is 2. The number of hydrogen-bond donors (Lipinski definition) is 5. The molecular weight excluding hydrogens is 665 g/mol. The summed E-state index contributed by atoms with van der Waals surface area (Å²) in [5, 5.41) is 27.4. The molecule has 4 amide bonds. The second kappa shape index (κ2) is 17.3. The minimum absolute atomic E-state index is 0.0336. The van der Waals surface area contributed by atoms with Gasteiger partial charge < -0.3 is 31.5 Å². The van der Waals surface area contributed by atoms with E-state index in [-0.39, 0.29) is 50.6 Å². The Labute approximate surface area is 302 Å². The minimum atomic E-state index is -1.11. The van der Waals surface area contributed by atoms with Gasteiger partial charge >= 0.3 is 0 Å². The average molecular weight is 712 g/mol. The van der Waals surface area contributed by atoms with Gasteiger partial charge in [-0.25, -0.2) is 4.39 Å². The van der Waals surface area contributed by atoms with Gasteiger partial charge in [0.25, 0.3) is 0 Å². The molecule has 12 heteroatoms. The summed E-state index contributed by atoms with van der Waals surface area (Å²) in [5.74, 6) is -2.62. The van der Waals surface area contributed by atoms with Gasteiger partial charge in [0.15, 0.2) is 0 Å². The molecule has 1 fully saturated rings. The summed E-state index contributed by atoms with van der Waals surface area (Å²) in [6.07, 6.45) is 0.343. The molecule has 5 atom stereocenters. The Bertz CT molecular complexity index is 1870. The molecule has 5 unspecified atom stereocenters. The van der Waals surface area contributed by atoms with Crippen LogP contribution in [0.15, 0.2) is 91.0 Å². The Morgan fingerprint density at radius 3 is 2.13 bits per heavy atom. The first-order valence-corrected chi connectivity index (χ1v) is 17.5. The lowest BCUT2D eigenvalue weighted by atomic mass is 9.89. The molecule has 4 aromatic carbocycles. The maximum Gasteiger partial charge on any atom is 0.245 e. The second-order valence-corrected chi connectivity index (χ2v) is 13.5. The number of nitrogens with zero attached hydrogens (tertiary/aromatic N) is 2. The number of aliphatic hydroxyl groups is 1. The number of rotatable bonds is 14. The predicted molar refractivity (Wildman–Crippen MR) is 196 cm³/mol. The summed E-state index contributed by atoms with van der Waals surface area (Å²) in [6, 6.07) is 22.5. The largest absolute Gasteiger partial charge is 0.508 e. The zero-order chi connectivity index (χ0) is 37.4. The molecule has 1 heterocycles. The molecule has 0 bridgehead atoms.